The van der Waals surface area contributed by atoms with Crippen molar-refractivity contribution in [1.82, 2.24) is 117 Å². The van der Waals surface area contributed by atoms with Crippen molar-refractivity contribution in [3.8, 4) is 0 Å². The van der Waals surface area contributed by atoms with E-state index in [1.807, 2.05) is 12.1 Å². The van der Waals surface area contributed by atoms with Gasteiger partial charge in [0, 0.05) is 23.8 Å². The highest BCUT2D eigenvalue weighted by atomic mass is 32.1. The fourth-order valence-electron chi connectivity index (χ4n) is 19.8. The summed E-state index contributed by atoms with van der Waals surface area (Å²) < 4.78 is 77.5. The Bertz CT molecular complexity index is 7790. The second-order valence-electron chi connectivity index (χ2n) is 35.3. The molecule has 28 rings (SSSR count). The molecule has 0 amide bonds. The molecule has 0 radical (unpaired) electrons. The lowest BCUT2D eigenvalue weighted by atomic mass is 10.1. The third kappa shape index (κ3) is 15.3. The van der Waals surface area contributed by atoms with Gasteiger partial charge in [-0.2, -0.15) is 0 Å². The van der Waals surface area contributed by atoms with Crippen LogP contribution in [-0.2, 0) is 86.6 Å². The number of fused-ring (bicyclic) bond motifs is 18. The van der Waals surface area contributed by atoms with Gasteiger partial charge in [0.15, 0.2) is 95.7 Å². The molecule has 12 aliphatic heterocycles. The van der Waals surface area contributed by atoms with Crippen molar-refractivity contribution >= 4 is 115 Å². The molecule has 6 saturated heterocycles. The number of aryl methyl sites for hydroxylation is 2. The lowest BCUT2D eigenvalue weighted by molar-refractivity contribution is -0.0486. The molecule has 24 atom stereocenters. The maximum Gasteiger partial charge on any atom is 0.338 e. The van der Waals surface area contributed by atoms with Crippen LogP contribution in [0.5, 0.6) is 0 Å². The van der Waals surface area contributed by atoms with E-state index in [0.717, 1.165) is 11.2 Å². The average molecular weight is 1980 g/mol. The number of carbonyl (C=O) groups is 4. The smallest absolute Gasteiger partial charge is 0.338 e. The number of ether oxygens (including phenoxy) is 10. The number of hydrogen-bond acceptors (Lipinski definition) is 40. The average Bonchev–Trinajstić information content (AvgIpc) is 1.55. The summed E-state index contributed by atoms with van der Waals surface area (Å²) in [6, 6.07) is 50.2. The van der Waals surface area contributed by atoms with E-state index in [-0.39, 0.29) is 55.0 Å². The van der Waals surface area contributed by atoms with Crippen LogP contribution < -0.4 is 22.2 Å². The van der Waals surface area contributed by atoms with Crippen molar-refractivity contribution in [2.45, 2.75) is 200 Å². The predicted molar refractivity (Wildman–Crippen MR) is 483 cm³/mol. The van der Waals surface area contributed by atoms with E-state index in [1.165, 1.54) is 45.8 Å². The van der Waals surface area contributed by atoms with E-state index in [9.17, 15) is 79.2 Å². The summed E-state index contributed by atoms with van der Waals surface area (Å²) >= 11 is 10.9. The molecule has 142 heavy (non-hydrogen) atoms. The molecule has 0 spiro atoms. The van der Waals surface area contributed by atoms with Gasteiger partial charge in [0.2, 0.25) is 0 Å². The topological polar surface area (TPSA) is 605 Å². The largest absolute Gasteiger partial charge is 0.452 e. The van der Waals surface area contributed by atoms with Gasteiger partial charge in [0.25, 0.3) is 22.2 Å². The lowest BCUT2D eigenvalue weighted by Crippen LogP contribution is -2.43. The number of aliphatic hydroxyl groups is 8. The quantitative estimate of drug-likeness (QED) is 0.0571. The zero-order valence-corrected chi connectivity index (χ0v) is 75.5. The van der Waals surface area contributed by atoms with Gasteiger partial charge in [-0.1, -0.05) is 129 Å². The highest BCUT2D eigenvalue weighted by molar-refractivity contribution is 7.71. The second kappa shape index (κ2) is 35.7. The SMILES string of the molecule is Cc1cc(=O)n2c3c1nnn3C[C@H]1O[C@@H]2C(O)C1O.Cc1cc2nnn3c2n(c1=O)[C@@H]1O[C@H](C3)C(O)C1O.O=C(OC1C(OC(=O)c2ccccc2)[C@H]2Cn3nnc4ccc(=O)n(c43)[C@@H]1O2)c1ccccc1.O=C(OC1C(OC(=O)c2ccccc2)[C@H]2Cn3nnc4ccc(=S)n(c43)[C@@H]1O2)c1ccccc1.O=c1ccc2nnn3c2n1[C@@H]1O[C@H](C3)C(O)C1O.OC1C(O)[C@H]2Cn3nnc4ccc(=S)n(c43)[C@@H]1O2. The molecule has 6 fully saturated rings. The first-order valence-electron chi connectivity index (χ1n) is 44.8. The van der Waals surface area contributed by atoms with Gasteiger partial charge in [-0.15, -0.1) is 30.6 Å². The minimum absolute atomic E-state index is 0.155. The Morgan fingerprint density at radius 1 is 0.289 bits per heavy atom. The summed E-state index contributed by atoms with van der Waals surface area (Å²) in [6.07, 6.45) is -21.1. The van der Waals surface area contributed by atoms with Crippen LogP contribution in [0.3, 0.4) is 0 Å². The van der Waals surface area contributed by atoms with Gasteiger partial charge in [-0.25, -0.2) is 47.3 Å². The summed E-state index contributed by atoms with van der Waals surface area (Å²) in [5, 5.41) is 128. The normalized spacial score (nSPS) is 28.3. The summed E-state index contributed by atoms with van der Waals surface area (Å²) in [4.78, 5) is 101. The molecular formula is C90H80N24O26S2. The Kier molecular flexibility index (Phi) is 22.9. The minimum atomic E-state index is -1.13. The number of hydrogen-bond donors (Lipinski definition) is 8. The molecule has 0 saturated carbocycles. The Hall–Kier alpha value is -14.9. The van der Waals surface area contributed by atoms with Crippen molar-refractivity contribution in [1.29, 1.82) is 0 Å². The summed E-state index contributed by atoms with van der Waals surface area (Å²) in [5.41, 5.74) is 8.39. The van der Waals surface area contributed by atoms with Crippen LogP contribution in [0.4, 0.5) is 0 Å². The zero-order chi connectivity index (χ0) is 98.0. The number of aromatic nitrogens is 24. The number of pyridine rings is 6. The van der Waals surface area contributed by atoms with Crippen LogP contribution in [0.25, 0.3) is 67.0 Å². The molecule has 12 aliphatic rings. The fourth-order valence-corrected chi connectivity index (χ4v) is 20.3. The van der Waals surface area contributed by atoms with E-state index in [1.54, 1.807) is 193 Å². The molecule has 52 heteroatoms. The van der Waals surface area contributed by atoms with Crippen LogP contribution in [0.2, 0.25) is 0 Å². The van der Waals surface area contributed by atoms with Crippen molar-refractivity contribution in [3.05, 3.63) is 266 Å². The predicted octanol–water partition coefficient (Wildman–Crippen LogP) is 0.169. The molecule has 728 valence electrons. The molecule has 24 heterocycles. The summed E-state index contributed by atoms with van der Waals surface area (Å²) in [7, 11) is 0. The molecule has 12 unspecified atom stereocenters. The number of aliphatic hydroxyl groups excluding tert-OH is 8. The van der Waals surface area contributed by atoms with Gasteiger partial charge in [0.1, 0.15) is 128 Å². The van der Waals surface area contributed by atoms with Crippen LogP contribution in [0.1, 0.15) is 89.9 Å². The Balaban J connectivity index is 0.0000000969. The number of carbonyl (C=O) groups excluding carboxylic acids is 4. The Morgan fingerprint density at radius 2 is 0.563 bits per heavy atom. The van der Waals surface area contributed by atoms with Crippen LogP contribution in [0, 0.1) is 23.1 Å². The van der Waals surface area contributed by atoms with Crippen LogP contribution >= 0.6 is 24.4 Å². The van der Waals surface area contributed by atoms with E-state index in [4.69, 9.17) is 71.8 Å². The first-order valence-corrected chi connectivity index (χ1v) is 45.6. The monoisotopic (exact) mass is 1980 g/mol. The summed E-state index contributed by atoms with van der Waals surface area (Å²) in [6.45, 7) is 4.99. The summed E-state index contributed by atoms with van der Waals surface area (Å²) in [5.74, 6) is -2.30. The van der Waals surface area contributed by atoms with E-state index in [0.29, 0.717) is 105 Å². The van der Waals surface area contributed by atoms with Gasteiger partial charge in [-0.05, 0) is 110 Å². The highest BCUT2D eigenvalue weighted by Crippen LogP contribution is 2.45. The number of benzene rings is 4. The van der Waals surface area contributed by atoms with Crippen molar-refractivity contribution in [2.24, 2.45) is 0 Å². The van der Waals surface area contributed by atoms with E-state index in [2.05, 4.69) is 61.9 Å². The van der Waals surface area contributed by atoms with E-state index < -0.39 is 171 Å². The highest BCUT2D eigenvalue weighted by Gasteiger charge is 2.57. The van der Waals surface area contributed by atoms with Crippen LogP contribution in [-0.4, -0.2) is 292 Å². The second-order valence-corrected chi connectivity index (χ2v) is 36.1. The Labute approximate surface area is 802 Å². The number of esters is 4. The van der Waals surface area contributed by atoms with Gasteiger partial charge >= 0.3 is 23.9 Å². The number of nitrogens with zero attached hydrogens (tertiary/aromatic N) is 24. The minimum Gasteiger partial charge on any atom is -0.452 e. The van der Waals surface area contributed by atoms with Gasteiger partial charge in [0.05, 0.1) is 61.5 Å². The third-order valence-electron chi connectivity index (χ3n) is 26.7. The first kappa shape index (κ1) is 90.9. The molecule has 0 aliphatic carbocycles. The maximum absolute atomic E-state index is 13.0. The van der Waals surface area contributed by atoms with Crippen molar-refractivity contribution in [2.75, 3.05) is 0 Å². The fraction of sp³-hybridized carbons (Fsp3) is 0.356. The molecule has 8 N–H and O–H groups in total. The van der Waals surface area contributed by atoms with Crippen molar-refractivity contribution < 1.29 is 107 Å². The zero-order valence-electron chi connectivity index (χ0n) is 73.9. The molecule has 4 aromatic carbocycles. The lowest BCUT2D eigenvalue weighted by Gasteiger charge is -2.27. The molecular weight excluding hydrogens is 1900 g/mol. The van der Waals surface area contributed by atoms with Crippen LogP contribution in [0.15, 0.2) is 201 Å². The first-order chi connectivity index (χ1) is 68.7. The standard InChI is InChI=1S/C24H18N4O6.C24H18N4O5S.2C11H12N4O4.C10H10N4O4.C10H10N4O3S/c29-18-12-11-16-21-27(26-25-16)13-17-19(33-23(30)14-7-3-1-4-8-14)20(22(32-17)28(18)21)34-24(31)15-9-5-2-6-10-15;29-23(14-7-3-1-4-8-14)32-19-17-13-27-21-16(25-26-27)11-12-18(34)28(21)22(31-17)20(19)33-24(30)15-9-5-2-6-10-15;1-4-2-6(16)15-10-7(4)12-13-14(10)3-5-8(17)9(18)11(15)19-5;1-4-2-5-9-14(13-12-5)3-6-7(16)8(17)11(19-6)15(9)10(4)18;15-6-2-1-4-9-13(12-11-4)3-5-7(16)8(17)10(18-5)14(6)9;15-7-5-3-13-9-4(11-12-13)1-2-6(18)14(9)10(17-5)8(7)16/h2*1-12,17,19-20,22H,13H2;2,5,8-9,11,17-18H,3H2,1H3;2,6-8,11,16-17H,3H2,1H3;1-2,5,7-8,10,16-17H,3H2;1-2,5,7-8,10,15-16H,3H2/t2*17-,19?,20?,22-;5-,8?,9?,11-;6-,7?,8?,11-;2*5-,7?,8?,10-/m111111/s1. The van der Waals surface area contributed by atoms with Gasteiger partial charge < -0.3 is 88.2 Å². The Morgan fingerprint density at radius 3 is 0.944 bits per heavy atom. The molecule has 12 aromatic heterocycles. The van der Waals surface area contributed by atoms with E-state index >= 15 is 0 Å². The van der Waals surface area contributed by atoms with Gasteiger partial charge in [-0.3, -0.25) is 46.6 Å². The van der Waals surface area contributed by atoms with Crippen molar-refractivity contribution in [3.63, 3.8) is 0 Å². The molecule has 12 bridgehead atoms. The third-order valence-corrected chi connectivity index (χ3v) is 27.3. The maximum atomic E-state index is 13.0. The molecule has 50 nitrogen and oxygen atoms in total. The molecule has 16 aromatic rings. The number of rotatable bonds is 8.